The summed E-state index contributed by atoms with van der Waals surface area (Å²) in [5.41, 5.74) is 3.05. The summed E-state index contributed by atoms with van der Waals surface area (Å²) in [5.74, 6) is 0.174. The second kappa shape index (κ2) is 12.6. The van der Waals surface area contributed by atoms with Gasteiger partial charge in [-0.25, -0.2) is 0 Å². The Balaban J connectivity index is 1.45. The quantitative estimate of drug-likeness (QED) is 0.494. The Bertz CT molecular complexity index is 963. The van der Waals surface area contributed by atoms with Crippen LogP contribution in [0, 0.1) is 17.2 Å². The van der Waals surface area contributed by atoms with Crippen molar-refractivity contribution in [2.24, 2.45) is 5.92 Å². The van der Waals surface area contributed by atoms with Crippen LogP contribution >= 0.6 is 0 Å². The number of hydrogen-bond acceptors (Lipinski definition) is 3. The number of benzene rings is 2. The van der Waals surface area contributed by atoms with Gasteiger partial charge in [0.25, 0.3) is 0 Å². The van der Waals surface area contributed by atoms with Crippen LogP contribution in [0.1, 0.15) is 48.8 Å². The van der Waals surface area contributed by atoms with Crippen molar-refractivity contribution in [3.05, 3.63) is 83.9 Å². The monoisotopic (exact) mass is 443 g/mol. The molecule has 1 aliphatic rings. The van der Waals surface area contributed by atoms with Gasteiger partial charge in [-0.3, -0.25) is 9.59 Å². The van der Waals surface area contributed by atoms with Crippen LogP contribution in [0.4, 0.5) is 0 Å². The van der Waals surface area contributed by atoms with Gasteiger partial charge in [-0.05, 0) is 61.8 Å². The molecule has 0 spiro atoms. The molecule has 0 saturated carbocycles. The number of nitrogens with zero attached hydrogens (tertiary/aromatic N) is 2. The number of rotatable bonds is 12. The topological polar surface area (TPSA) is 73.2 Å². The molecule has 1 saturated heterocycles. The smallest absolute Gasteiger partial charge is 0.226 e. The molecule has 1 aliphatic heterocycles. The first-order valence-electron chi connectivity index (χ1n) is 11.8. The van der Waals surface area contributed by atoms with Gasteiger partial charge in [-0.2, -0.15) is 5.26 Å². The lowest BCUT2D eigenvalue weighted by Crippen LogP contribution is -2.42. The molecule has 2 aromatic carbocycles. The second-order valence-electron chi connectivity index (χ2n) is 8.70. The maximum Gasteiger partial charge on any atom is 0.226 e. The molecule has 1 N–H and O–H groups in total. The first-order valence-corrected chi connectivity index (χ1v) is 11.8. The minimum atomic E-state index is -0.0301. The molecule has 5 heteroatoms. The van der Waals surface area contributed by atoms with E-state index < -0.39 is 0 Å². The van der Waals surface area contributed by atoms with Gasteiger partial charge >= 0.3 is 0 Å². The Morgan fingerprint density at radius 1 is 1.09 bits per heavy atom. The summed E-state index contributed by atoms with van der Waals surface area (Å²) < 4.78 is 0. The number of amides is 2. The number of carbonyl (C=O) groups excluding carboxylic acids is 2. The predicted molar refractivity (Wildman–Crippen MR) is 130 cm³/mol. The van der Waals surface area contributed by atoms with Gasteiger partial charge in [0.1, 0.15) is 0 Å². The highest BCUT2D eigenvalue weighted by Gasteiger charge is 2.38. The van der Waals surface area contributed by atoms with E-state index in [1.54, 1.807) is 12.1 Å². The van der Waals surface area contributed by atoms with E-state index in [0.717, 1.165) is 37.7 Å². The van der Waals surface area contributed by atoms with Crippen molar-refractivity contribution in [2.75, 3.05) is 13.1 Å². The number of hydrogen-bond donors (Lipinski definition) is 1. The van der Waals surface area contributed by atoms with E-state index in [-0.39, 0.29) is 23.8 Å². The molecule has 2 amide bonds. The zero-order valence-electron chi connectivity index (χ0n) is 19.2. The van der Waals surface area contributed by atoms with Gasteiger partial charge in [0.15, 0.2) is 0 Å². The number of aryl methyl sites for hydroxylation is 2. The molecule has 172 valence electrons. The van der Waals surface area contributed by atoms with Crippen molar-refractivity contribution in [1.29, 1.82) is 5.26 Å². The van der Waals surface area contributed by atoms with Crippen LogP contribution < -0.4 is 5.32 Å². The fourth-order valence-electron chi connectivity index (χ4n) is 4.47. The van der Waals surface area contributed by atoms with Gasteiger partial charge < -0.3 is 10.2 Å². The second-order valence-corrected chi connectivity index (χ2v) is 8.70. The first-order chi connectivity index (χ1) is 16.1. The van der Waals surface area contributed by atoms with Crippen LogP contribution in [0.15, 0.2) is 67.3 Å². The Kier molecular flexibility index (Phi) is 9.26. The van der Waals surface area contributed by atoms with Crippen LogP contribution in [0.25, 0.3) is 0 Å². The third kappa shape index (κ3) is 7.32. The normalized spacial score (nSPS) is 17.5. The van der Waals surface area contributed by atoms with Crippen LogP contribution in [-0.4, -0.2) is 35.8 Å². The highest BCUT2D eigenvalue weighted by molar-refractivity contribution is 5.82. The minimum Gasteiger partial charge on any atom is -0.354 e. The summed E-state index contributed by atoms with van der Waals surface area (Å²) in [5, 5.41) is 11.9. The van der Waals surface area contributed by atoms with E-state index in [0.29, 0.717) is 31.5 Å². The molecule has 2 aromatic rings. The number of carbonyl (C=O) groups is 2. The van der Waals surface area contributed by atoms with E-state index in [9.17, 15) is 9.59 Å². The molecule has 0 aliphatic carbocycles. The van der Waals surface area contributed by atoms with Crippen LogP contribution in [0.5, 0.6) is 0 Å². The molecule has 0 bridgehead atoms. The lowest BCUT2D eigenvalue weighted by molar-refractivity contribution is -0.132. The van der Waals surface area contributed by atoms with Crippen LogP contribution in [0.3, 0.4) is 0 Å². The van der Waals surface area contributed by atoms with Gasteiger partial charge in [0, 0.05) is 31.5 Å². The Morgan fingerprint density at radius 2 is 1.79 bits per heavy atom. The SMILES string of the molecule is C=CC[C@@H]1C[C@@H](CNC(=O)CCCc2ccc(C#N)cc2)N(CCCc2ccccc2)C1=O. The van der Waals surface area contributed by atoms with Crippen molar-refractivity contribution >= 4 is 11.8 Å². The average molecular weight is 444 g/mol. The summed E-state index contributed by atoms with van der Waals surface area (Å²) in [4.78, 5) is 27.3. The van der Waals surface area contributed by atoms with Crippen molar-refractivity contribution in [2.45, 2.75) is 51.0 Å². The van der Waals surface area contributed by atoms with E-state index >= 15 is 0 Å². The van der Waals surface area contributed by atoms with E-state index in [1.165, 1.54) is 5.56 Å². The van der Waals surface area contributed by atoms with Crippen molar-refractivity contribution in [3.8, 4) is 6.07 Å². The fourth-order valence-corrected chi connectivity index (χ4v) is 4.47. The maximum absolute atomic E-state index is 12.9. The Labute approximate surface area is 197 Å². The molecule has 0 aromatic heterocycles. The summed E-state index contributed by atoms with van der Waals surface area (Å²) >= 11 is 0. The Morgan fingerprint density at radius 3 is 2.48 bits per heavy atom. The summed E-state index contributed by atoms with van der Waals surface area (Å²) in [6.07, 6.45) is 7.11. The lowest BCUT2D eigenvalue weighted by atomic mass is 10.0. The van der Waals surface area contributed by atoms with Crippen molar-refractivity contribution in [1.82, 2.24) is 10.2 Å². The van der Waals surface area contributed by atoms with Crippen molar-refractivity contribution < 1.29 is 9.59 Å². The predicted octanol–water partition coefficient (Wildman–Crippen LogP) is 4.42. The van der Waals surface area contributed by atoms with Gasteiger partial charge in [0.05, 0.1) is 11.6 Å². The molecule has 1 heterocycles. The molecular weight excluding hydrogens is 410 g/mol. The van der Waals surface area contributed by atoms with E-state index in [1.807, 2.05) is 41.3 Å². The fraction of sp³-hybridized carbons (Fsp3) is 0.393. The highest BCUT2D eigenvalue weighted by Crippen LogP contribution is 2.27. The molecule has 0 unspecified atom stereocenters. The molecule has 3 rings (SSSR count). The number of nitrogens with one attached hydrogen (secondary N) is 1. The lowest BCUT2D eigenvalue weighted by Gasteiger charge is -2.25. The highest BCUT2D eigenvalue weighted by atomic mass is 16.2. The van der Waals surface area contributed by atoms with Crippen LogP contribution in [-0.2, 0) is 22.4 Å². The largest absolute Gasteiger partial charge is 0.354 e. The van der Waals surface area contributed by atoms with E-state index in [4.69, 9.17) is 5.26 Å². The molecule has 0 radical (unpaired) electrons. The molecule has 5 nitrogen and oxygen atoms in total. The summed E-state index contributed by atoms with van der Waals surface area (Å²) in [7, 11) is 0. The first kappa shape index (κ1) is 24.3. The molecule has 1 fully saturated rings. The number of allylic oxidation sites excluding steroid dienone is 1. The van der Waals surface area contributed by atoms with Crippen molar-refractivity contribution in [3.63, 3.8) is 0 Å². The third-order valence-corrected chi connectivity index (χ3v) is 6.28. The molecule has 33 heavy (non-hydrogen) atoms. The standard InChI is InChI=1S/C28H33N3O2/c1-2-8-25-19-26(31(28(25)33)18-7-12-22-9-4-3-5-10-22)21-30-27(32)13-6-11-23-14-16-24(20-29)17-15-23/h2-5,9-10,14-17,25-26H,1,6-8,11-13,18-19,21H2,(H,30,32)/t25-,26+/m1/s1. The number of likely N-dealkylation sites (tertiary alicyclic amines) is 1. The van der Waals surface area contributed by atoms with Gasteiger partial charge in [-0.1, -0.05) is 48.5 Å². The summed E-state index contributed by atoms with van der Waals surface area (Å²) in [6, 6.07) is 20.0. The zero-order valence-corrected chi connectivity index (χ0v) is 19.2. The number of nitriles is 1. The van der Waals surface area contributed by atoms with Gasteiger partial charge in [-0.15, -0.1) is 6.58 Å². The van der Waals surface area contributed by atoms with Crippen LogP contribution in [0.2, 0.25) is 0 Å². The average Bonchev–Trinajstić information content (AvgIpc) is 3.13. The molecular formula is C28H33N3O2. The molecule has 2 atom stereocenters. The Hall–Kier alpha value is -3.39. The zero-order chi connectivity index (χ0) is 23.5. The maximum atomic E-state index is 12.9. The van der Waals surface area contributed by atoms with E-state index in [2.05, 4.69) is 30.1 Å². The van der Waals surface area contributed by atoms with Gasteiger partial charge in [0.2, 0.25) is 11.8 Å². The third-order valence-electron chi connectivity index (χ3n) is 6.28. The minimum absolute atomic E-state index is 0.0208. The summed E-state index contributed by atoms with van der Waals surface area (Å²) in [6.45, 7) is 5.01.